The van der Waals surface area contributed by atoms with Gasteiger partial charge in [-0.25, -0.2) is 9.07 Å². The van der Waals surface area contributed by atoms with E-state index in [1.807, 2.05) is 30.3 Å². The SMILES string of the molecule is O=C(COc1ncn(-c2ccccc2)n1)NCCCc1ccccc1F. The molecule has 0 bridgehead atoms. The highest BCUT2D eigenvalue weighted by molar-refractivity contribution is 5.77. The second-order valence-corrected chi connectivity index (χ2v) is 5.64. The highest BCUT2D eigenvalue weighted by Crippen LogP contribution is 2.09. The van der Waals surface area contributed by atoms with Crippen molar-refractivity contribution in [2.45, 2.75) is 12.8 Å². The Morgan fingerprint density at radius 1 is 1.12 bits per heavy atom. The molecule has 134 valence electrons. The van der Waals surface area contributed by atoms with E-state index in [9.17, 15) is 9.18 Å². The maximum Gasteiger partial charge on any atom is 0.336 e. The molecule has 1 aromatic heterocycles. The number of nitrogens with zero attached hydrogens (tertiary/aromatic N) is 3. The van der Waals surface area contributed by atoms with Crippen molar-refractivity contribution >= 4 is 5.91 Å². The van der Waals surface area contributed by atoms with E-state index >= 15 is 0 Å². The number of halogens is 1. The van der Waals surface area contributed by atoms with Crippen LogP contribution in [0.2, 0.25) is 0 Å². The topological polar surface area (TPSA) is 69.0 Å². The van der Waals surface area contributed by atoms with Gasteiger partial charge in [-0.2, -0.15) is 4.98 Å². The number of aromatic nitrogens is 3. The molecule has 26 heavy (non-hydrogen) atoms. The smallest absolute Gasteiger partial charge is 0.336 e. The van der Waals surface area contributed by atoms with Gasteiger partial charge < -0.3 is 10.1 Å². The molecule has 0 aliphatic heterocycles. The number of hydrogen-bond donors (Lipinski definition) is 1. The van der Waals surface area contributed by atoms with Crippen LogP contribution in [0.5, 0.6) is 6.01 Å². The normalized spacial score (nSPS) is 10.5. The number of nitrogens with one attached hydrogen (secondary N) is 1. The molecule has 2 aromatic carbocycles. The lowest BCUT2D eigenvalue weighted by Gasteiger charge is -2.06. The summed E-state index contributed by atoms with van der Waals surface area (Å²) < 4.78 is 20.3. The molecule has 0 aliphatic rings. The van der Waals surface area contributed by atoms with Crippen LogP contribution in [-0.4, -0.2) is 33.8 Å². The predicted molar refractivity (Wildman–Crippen MR) is 94.6 cm³/mol. The van der Waals surface area contributed by atoms with Crippen molar-refractivity contribution in [2.24, 2.45) is 0 Å². The van der Waals surface area contributed by atoms with E-state index in [2.05, 4.69) is 15.4 Å². The van der Waals surface area contributed by atoms with E-state index in [1.54, 1.807) is 22.9 Å². The molecule has 0 radical (unpaired) electrons. The molecular weight excluding hydrogens is 335 g/mol. The molecule has 0 saturated carbocycles. The average Bonchev–Trinajstić information content (AvgIpc) is 3.15. The van der Waals surface area contributed by atoms with E-state index in [0.29, 0.717) is 24.9 Å². The van der Waals surface area contributed by atoms with Gasteiger partial charge in [-0.05, 0) is 36.6 Å². The molecular formula is C19H19FN4O2. The van der Waals surface area contributed by atoms with Crippen LogP contribution in [0, 0.1) is 5.82 Å². The molecule has 1 amide bonds. The van der Waals surface area contributed by atoms with E-state index in [1.165, 1.54) is 12.4 Å². The lowest BCUT2D eigenvalue weighted by atomic mass is 10.1. The van der Waals surface area contributed by atoms with Crippen LogP contribution in [0.25, 0.3) is 5.69 Å². The molecule has 1 N–H and O–H groups in total. The van der Waals surface area contributed by atoms with Crippen molar-refractivity contribution in [3.63, 3.8) is 0 Å². The number of para-hydroxylation sites is 1. The van der Waals surface area contributed by atoms with Crippen LogP contribution in [0.15, 0.2) is 60.9 Å². The summed E-state index contributed by atoms with van der Waals surface area (Å²) in [6, 6.07) is 16.2. The summed E-state index contributed by atoms with van der Waals surface area (Å²) in [7, 11) is 0. The highest BCUT2D eigenvalue weighted by Gasteiger charge is 2.07. The third kappa shape index (κ3) is 4.89. The van der Waals surface area contributed by atoms with Crippen molar-refractivity contribution in [1.82, 2.24) is 20.1 Å². The maximum absolute atomic E-state index is 13.5. The molecule has 3 aromatic rings. The molecule has 0 unspecified atom stereocenters. The first kappa shape index (κ1) is 17.6. The minimum Gasteiger partial charge on any atom is -0.452 e. The zero-order valence-corrected chi connectivity index (χ0v) is 14.1. The Hall–Kier alpha value is -3.22. The fraction of sp³-hybridized carbons (Fsp3) is 0.211. The third-order valence-corrected chi connectivity index (χ3v) is 3.73. The zero-order chi connectivity index (χ0) is 18.2. The van der Waals surface area contributed by atoms with E-state index in [0.717, 1.165) is 5.69 Å². The Labute approximate surface area is 150 Å². The van der Waals surface area contributed by atoms with Gasteiger partial charge in [0.2, 0.25) is 0 Å². The van der Waals surface area contributed by atoms with Gasteiger partial charge in [-0.1, -0.05) is 36.4 Å². The number of benzene rings is 2. The number of aryl methyl sites for hydroxylation is 1. The van der Waals surface area contributed by atoms with Crippen LogP contribution in [0.1, 0.15) is 12.0 Å². The molecule has 7 heteroatoms. The van der Waals surface area contributed by atoms with Crippen LogP contribution in [-0.2, 0) is 11.2 Å². The lowest BCUT2D eigenvalue weighted by Crippen LogP contribution is -2.30. The largest absolute Gasteiger partial charge is 0.452 e. The van der Waals surface area contributed by atoms with Crippen molar-refractivity contribution in [3.8, 4) is 11.7 Å². The first-order valence-corrected chi connectivity index (χ1v) is 8.32. The van der Waals surface area contributed by atoms with Crippen LogP contribution >= 0.6 is 0 Å². The molecule has 0 spiro atoms. The van der Waals surface area contributed by atoms with Crippen molar-refractivity contribution in [2.75, 3.05) is 13.2 Å². The Morgan fingerprint density at radius 2 is 1.88 bits per heavy atom. The van der Waals surface area contributed by atoms with E-state index in [-0.39, 0.29) is 24.3 Å². The Balaban J connectivity index is 1.38. The summed E-state index contributed by atoms with van der Waals surface area (Å²) in [5.74, 6) is -0.489. The number of carbonyl (C=O) groups is 1. The van der Waals surface area contributed by atoms with Crippen LogP contribution < -0.4 is 10.1 Å². The number of ether oxygens (including phenoxy) is 1. The molecule has 0 saturated heterocycles. The molecule has 0 atom stereocenters. The van der Waals surface area contributed by atoms with Gasteiger partial charge in [0.05, 0.1) is 5.69 Å². The quantitative estimate of drug-likeness (QED) is 0.631. The second-order valence-electron chi connectivity index (χ2n) is 5.64. The first-order chi connectivity index (χ1) is 12.7. The minimum absolute atomic E-state index is 0.135. The Bertz CT molecular complexity index is 852. The third-order valence-electron chi connectivity index (χ3n) is 3.73. The van der Waals surface area contributed by atoms with Gasteiger partial charge >= 0.3 is 6.01 Å². The Kier molecular flexibility index (Phi) is 5.92. The molecule has 3 rings (SSSR count). The summed E-state index contributed by atoms with van der Waals surface area (Å²) >= 11 is 0. The van der Waals surface area contributed by atoms with Crippen LogP contribution in [0.3, 0.4) is 0 Å². The van der Waals surface area contributed by atoms with E-state index < -0.39 is 0 Å². The number of carbonyl (C=O) groups excluding carboxylic acids is 1. The predicted octanol–water partition coefficient (Wildman–Crippen LogP) is 2.53. The van der Waals surface area contributed by atoms with Crippen molar-refractivity contribution in [3.05, 3.63) is 72.3 Å². The van der Waals surface area contributed by atoms with Gasteiger partial charge in [-0.3, -0.25) is 4.79 Å². The molecule has 6 nitrogen and oxygen atoms in total. The second kappa shape index (κ2) is 8.75. The fourth-order valence-corrected chi connectivity index (χ4v) is 2.41. The summed E-state index contributed by atoms with van der Waals surface area (Å²) in [5, 5.41) is 6.89. The number of amides is 1. The van der Waals surface area contributed by atoms with Gasteiger partial charge in [0.15, 0.2) is 6.61 Å². The average molecular weight is 354 g/mol. The monoisotopic (exact) mass is 354 g/mol. The summed E-state index contributed by atoms with van der Waals surface area (Å²) in [5.41, 5.74) is 1.50. The molecule has 1 heterocycles. The van der Waals surface area contributed by atoms with Gasteiger partial charge in [0.1, 0.15) is 12.1 Å². The molecule has 0 fully saturated rings. The standard InChI is InChI=1S/C19H19FN4O2/c20-17-11-5-4-7-15(17)8-6-12-21-18(25)13-26-19-22-14-24(23-19)16-9-2-1-3-10-16/h1-5,7,9-11,14H,6,8,12-13H2,(H,21,25). The van der Waals surface area contributed by atoms with Crippen molar-refractivity contribution in [1.29, 1.82) is 0 Å². The summed E-state index contributed by atoms with van der Waals surface area (Å²) in [4.78, 5) is 15.8. The van der Waals surface area contributed by atoms with E-state index in [4.69, 9.17) is 4.74 Å². The van der Waals surface area contributed by atoms with Crippen LogP contribution in [0.4, 0.5) is 4.39 Å². The van der Waals surface area contributed by atoms with Gasteiger partial charge in [-0.15, -0.1) is 5.10 Å². The minimum atomic E-state index is -0.269. The van der Waals surface area contributed by atoms with Gasteiger partial charge in [0.25, 0.3) is 5.91 Å². The Morgan fingerprint density at radius 3 is 2.69 bits per heavy atom. The lowest BCUT2D eigenvalue weighted by molar-refractivity contribution is -0.123. The number of rotatable bonds is 8. The highest BCUT2D eigenvalue weighted by atomic mass is 19.1. The zero-order valence-electron chi connectivity index (χ0n) is 14.1. The fourth-order valence-electron chi connectivity index (χ4n) is 2.41. The summed E-state index contributed by atoms with van der Waals surface area (Å²) in [6.45, 7) is 0.279. The van der Waals surface area contributed by atoms with Gasteiger partial charge in [0, 0.05) is 6.54 Å². The molecule has 0 aliphatic carbocycles. The van der Waals surface area contributed by atoms with Crippen molar-refractivity contribution < 1.29 is 13.9 Å². The maximum atomic E-state index is 13.5. The first-order valence-electron chi connectivity index (χ1n) is 8.32. The number of hydrogen-bond acceptors (Lipinski definition) is 4. The summed E-state index contributed by atoms with van der Waals surface area (Å²) in [6.07, 6.45) is 2.74.